The molecule has 6 aromatic heterocycles. The zero-order valence-corrected chi connectivity index (χ0v) is 36.9. The molecule has 0 atom stereocenters. The molecule has 0 unspecified atom stereocenters. The maximum Gasteiger partial charge on any atom is 0.264 e. The summed E-state index contributed by atoms with van der Waals surface area (Å²) in [6.07, 6.45) is 4.43. The Morgan fingerprint density at radius 3 is 1.54 bits per heavy atom. The first-order valence-electron chi connectivity index (χ1n) is 20.8. The Hall–Kier alpha value is -6.49. The monoisotopic (exact) mass is 915 g/mol. The Kier molecular flexibility index (Phi) is 13.1. The second-order valence-electron chi connectivity index (χ2n) is 15.9. The molecule has 0 bridgehead atoms. The average molecular weight is 916 g/mol. The number of morpholine rings is 1. The molecule has 9 rings (SSSR count). The van der Waals surface area contributed by atoms with Gasteiger partial charge in [-0.1, -0.05) is 27.7 Å². The van der Waals surface area contributed by atoms with Gasteiger partial charge in [-0.15, -0.1) is 20.4 Å². The second-order valence-corrected chi connectivity index (χ2v) is 17.6. The lowest BCUT2D eigenvalue weighted by molar-refractivity contribution is 0.0360. The molecular formula is C43H45F4N13O4S. The highest BCUT2D eigenvalue weighted by Gasteiger charge is 2.23. The summed E-state index contributed by atoms with van der Waals surface area (Å²) in [7, 11) is -3.62. The van der Waals surface area contributed by atoms with Crippen LogP contribution in [0.4, 0.5) is 17.6 Å². The van der Waals surface area contributed by atoms with Crippen molar-refractivity contribution in [1.82, 2.24) is 64.1 Å². The van der Waals surface area contributed by atoms with E-state index in [4.69, 9.17) is 14.0 Å². The molecule has 0 saturated carbocycles. The van der Waals surface area contributed by atoms with Gasteiger partial charge in [0.25, 0.3) is 10.1 Å². The van der Waals surface area contributed by atoms with Crippen LogP contribution in [0.15, 0.2) is 73.1 Å². The molecule has 0 radical (unpaired) electrons. The van der Waals surface area contributed by atoms with Gasteiger partial charge in [-0.2, -0.15) is 37.8 Å². The van der Waals surface area contributed by atoms with Gasteiger partial charge >= 0.3 is 0 Å². The quantitative estimate of drug-likeness (QED) is 0.0916. The van der Waals surface area contributed by atoms with E-state index in [2.05, 4.69) is 40.6 Å². The van der Waals surface area contributed by atoms with Crippen LogP contribution in [0.3, 0.4) is 0 Å². The van der Waals surface area contributed by atoms with Crippen LogP contribution in [-0.2, 0) is 32.1 Å². The summed E-state index contributed by atoms with van der Waals surface area (Å²) in [5.74, 6) is -1.19. The average Bonchev–Trinajstić information content (AvgIpc) is 4.08. The molecule has 17 nitrogen and oxygen atoms in total. The standard InChI is InChI=1S/C23H25F2N7O.C20H20F2N6O3S/c1-15(2)23-27-26-21-6-5-20(28-32(21)23)18-14-31(8-7-30-9-11-33-12-10-30)29-22(18)17-4-3-16(24)13-19(17)25;1-12(2)20-24-23-18-7-6-17(25-28(18)20)15-11-27(8-9-31-32(3,29)30)26-19(15)14-5-4-13(21)10-16(14)22/h3-6,13-15H,7-12H2,1-2H3;4-7,10-12H,8-9H2,1-3H3. The minimum atomic E-state index is -3.62. The Labute approximate surface area is 370 Å². The topological polar surface area (TPSA) is 178 Å². The zero-order chi connectivity index (χ0) is 46.0. The number of hydrogen-bond acceptors (Lipinski definition) is 13. The van der Waals surface area contributed by atoms with Crippen molar-refractivity contribution in [2.24, 2.45) is 0 Å². The number of rotatable bonds is 13. The number of nitrogens with zero attached hydrogens (tertiary/aromatic N) is 13. The number of fused-ring (bicyclic) bond motifs is 2. The molecule has 0 spiro atoms. The predicted molar refractivity (Wildman–Crippen MR) is 231 cm³/mol. The molecule has 1 aliphatic heterocycles. The molecule has 8 aromatic rings. The van der Waals surface area contributed by atoms with Gasteiger partial charge in [0.05, 0.1) is 50.6 Å². The minimum Gasteiger partial charge on any atom is -0.379 e. The van der Waals surface area contributed by atoms with E-state index in [0.29, 0.717) is 51.9 Å². The fourth-order valence-electron chi connectivity index (χ4n) is 7.18. The first-order chi connectivity index (χ1) is 31.1. The van der Waals surface area contributed by atoms with Gasteiger partial charge < -0.3 is 4.74 Å². The summed E-state index contributed by atoms with van der Waals surface area (Å²) in [5.41, 5.74) is 4.36. The van der Waals surface area contributed by atoms with Gasteiger partial charge in [-0.25, -0.2) is 17.6 Å². The molecule has 65 heavy (non-hydrogen) atoms. The number of aromatic nitrogens is 12. The van der Waals surface area contributed by atoms with Crippen molar-refractivity contribution in [1.29, 1.82) is 0 Å². The summed E-state index contributed by atoms with van der Waals surface area (Å²) in [6.45, 7) is 12.5. The van der Waals surface area contributed by atoms with Crippen molar-refractivity contribution in [3.63, 3.8) is 0 Å². The van der Waals surface area contributed by atoms with Crippen LogP contribution in [-0.4, -0.2) is 118 Å². The molecule has 340 valence electrons. The number of halogens is 4. The van der Waals surface area contributed by atoms with Crippen molar-refractivity contribution >= 4 is 21.4 Å². The van der Waals surface area contributed by atoms with Crippen molar-refractivity contribution in [2.75, 3.05) is 45.7 Å². The molecule has 0 amide bonds. The fraction of sp³-hybridized carbons (Fsp3) is 0.349. The van der Waals surface area contributed by atoms with E-state index in [-0.39, 0.29) is 41.8 Å². The van der Waals surface area contributed by atoms with Gasteiger partial charge in [0.15, 0.2) is 22.9 Å². The second kappa shape index (κ2) is 18.9. The third kappa shape index (κ3) is 10.2. The highest BCUT2D eigenvalue weighted by atomic mass is 32.2. The molecule has 7 heterocycles. The minimum absolute atomic E-state index is 0.0672. The molecule has 22 heteroatoms. The number of ether oxygens (including phenoxy) is 1. The van der Waals surface area contributed by atoms with Crippen LogP contribution in [0, 0.1) is 23.3 Å². The van der Waals surface area contributed by atoms with Gasteiger partial charge in [0.2, 0.25) is 0 Å². The van der Waals surface area contributed by atoms with E-state index < -0.39 is 33.4 Å². The molecular weight excluding hydrogens is 871 g/mol. The molecule has 0 N–H and O–H groups in total. The fourth-order valence-corrected chi connectivity index (χ4v) is 7.55. The third-order valence-corrected chi connectivity index (χ3v) is 11.0. The van der Waals surface area contributed by atoms with Crippen LogP contribution >= 0.6 is 0 Å². The van der Waals surface area contributed by atoms with Crippen molar-refractivity contribution in [3.05, 3.63) is 108 Å². The summed E-state index contributed by atoms with van der Waals surface area (Å²) < 4.78 is 95.5. The maximum absolute atomic E-state index is 14.7. The smallest absolute Gasteiger partial charge is 0.264 e. The lowest BCUT2D eigenvalue weighted by Crippen LogP contribution is -2.38. The van der Waals surface area contributed by atoms with E-state index in [9.17, 15) is 26.0 Å². The largest absolute Gasteiger partial charge is 0.379 e. The summed E-state index contributed by atoms with van der Waals surface area (Å²) in [4.78, 5) is 2.30. The van der Waals surface area contributed by atoms with E-state index in [1.165, 1.54) is 22.9 Å². The van der Waals surface area contributed by atoms with Crippen LogP contribution in [0.2, 0.25) is 0 Å². The number of hydrogen-bond donors (Lipinski definition) is 0. The van der Waals surface area contributed by atoms with E-state index >= 15 is 0 Å². The highest BCUT2D eigenvalue weighted by Crippen LogP contribution is 2.34. The van der Waals surface area contributed by atoms with Crippen LogP contribution in [0.5, 0.6) is 0 Å². The van der Waals surface area contributed by atoms with Gasteiger partial charge in [-0.3, -0.25) is 18.4 Å². The van der Waals surface area contributed by atoms with Crippen LogP contribution < -0.4 is 0 Å². The summed E-state index contributed by atoms with van der Waals surface area (Å²) >= 11 is 0. The summed E-state index contributed by atoms with van der Waals surface area (Å²) in [6, 6.07) is 13.8. The molecule has 1 saturated heterocycles. The lowest BCUT2D eigenvalue weighted by Gasteiger charge is -2.26. The molecule has 1 fully saturated rings. The van der Waals surface area contributed by atoms with E-state index in [1.807, 2.05) is 46.0 Å². The Balaban J connectivity index is 0.000000177. The highest BCUT2D eigenvalue weighted by molar-refractivity contribution is 7.85. The Morgan fingerprint density at radius 1 is 0.615 bits per heavy atom. The van der Waals surface area contributed by atoms with Crippen molar-refractivity contribution in [3.8, 4) is 45.0 Å². The number of benzene rings is 2. The SMILES string of the molecule is CC(C)c1nnc2ccc(-c3cn(CCN4CCOCC4)nc3-c3ccc(F)cc3F)nn12.CC(C)c1nnc2ccc(-c3cn(CCOS(C)(=O)=O)nc3-c3ccc(F)cc3F)nn12. The molecule has 1 aliphatic rings. The maximum atomic E-state index is 14.7. The third-order valence-electron chi connectivity index (χ3n) is 10.4. The zero-order valence-electron chi connectivity index (χ0n) is 36.1. The van der Waals surface area contributed by atoms with Crippen LogP contribution in [0.1, 0.15) is 51.2 Å². The van der Waals surface area contributed by atoms with Crippen molar-refractivity contribution in [2.45, 2.75) is 52.6 Å². The van der Waals surface area contributed by atoms with Crippen LogP contribution in [0.25, 0.3) is 56.3 Å². The Bertz CT molecular complexity index is 3090. The predicted octanol–water partition coefficient (Wildman–Crippen LogP) is 6.42. The van der Waals surface area contributed by atoms with Gasteiger partial charge in [0, 0.05) is 78.3 Å². The summed E-state index contributed by atoms with van der Waals surface area (Å²) in [5, 5.41) is 35.1. The van der Waals surface area contributed by atoms with Gasteiger partial charge in [0.1, 0.15) is 34.7 Å². The molecule has 0 aliphatic carbocycles. The molecule has 2 aromatic carbocycles. The van der Waals surface area contributed by atoms with Crippen molar-refractivity contribution < 1.29 is 34.9 Å². The lowest BCUT2D eigenvalue weighted by atomic mass is 10.1. The van der Waals surface area contributed by atoms with Gasteiger partial charge in [-0.05, 0) is 48.5 Å². The first kappa shape index (κ1) is 45.1. The normalized spacial score (nSPS) is 13.6. The Morgan fingerprint density at radius 2 is 1.09 bits per heavy atom. The van der Waals surface area contributed by atoms with E-state index in [1.54, 1.807) is 32.0 Å². The van der Waals surface area contributed by atoms with E-state index in [0.717, 1.165) is 63.1 Å². The first-order valence-corrected chi connectivity index (χ1v) is 22.6.